The summed E-state index contributed by atoms with van der Waals surface area (Å²) in [5, 5.41) is 0. The van der Waals surface area contributed by atoms with Crippen LogP contribution in [0.5, 0.6) is 0 Å². The van der Waals surface area contributed by atoms with E-state index in [1.54, 1.807) is 6.07 Å². The molecule has 0 aromatic heterocycles. The number of halogens is 3. The molecule has 1 aromatic carbocycles. The van der Waals surface area contributed by atoms with E-state index in [4.69, 9.17) is 5.73 Å². The average Bonchev–Trinajstić information content (AvgIpc) is 2.09. The Balaban J connectivity index is 0.00000169. The van der Waals surface area contributed by atoms with Crippen molar-refractivity contribution in [2.24, 2.45) is 5.73 Å². The highest BCUT2D eigenvalue weighted by Gasteiger charge is 2.10. The number of rotatable bonds is 3. The van der Waals surface area contributed by atoms with Gasteiger partial charge in [0.2, 0.25) is 0 Å². The second-order valence-corrected chi connectivity index (χ2v) is 4.31. The number of hydrogen-bond acceptors (Lipinski definition) is 1. The molecule has 0 bridgehead atoms. The Morgan fingerprint density at radius 3 is 2.71 bits per heavy atom. The fourth-order valence-corrected chi connectivity index (χ4v) is 1.78. The van der Waals surface area contributed by atoms with Crippen LogP contribution in [-0.4, -0.2) is 0 Å². The second kappa shape index (κ2) is 6.58. The molecule has 0 saturated carbocycles. The topological polar surface area (TPSA) is 26.0 Å². The van der Waals surface area contributed by atoms with E-state index in [2.05, 4.69) is 22.6 Å². The molecular formula is C10H14ClFIN. The van der Waals surface area contributed by atoms with Crippen molar-refractivity contribution in [2.75, 3.05) is 0 Å². The third-order valence-corrected chi connectivity index (χ3v) is 2.63. The SMILES string of the molecule is CCC[C@@H](N)c1cc(I)ccc1F.Cl. The molecule has 14 heavy (non-hydrogen) atoms. The Morgan fingerprint density at radius 1 is 1.50 bits per heavy atom. The predicted molar refractivity (Wildman–Crippen MR) is 68.2 cm³/mol. The molecule has 0 aliphatic rings. The molecule has 80 valence electrons. The fraction of sp³-hybridized carbons (Fsp3) is 0.400. The van der Waals surface area contributed by atoms with E-state index < -0.39 is 0 Å². The number of benzene rings is 1. The Morgan fingerprint density at radius 2 is 2.14 bits per heavy atom. The zero-order valence-electron chi connectivity index (χ0n) is 7.97. The highest BCUT2D eigenvalue weighted by Crippen LogP contribution is 2.21. The lowest BCUT2D eigenvalue weighted by molar-refractivity contribution is 0.559. The first-order valence-electron chi connectivity index (χ1n) is 4.35. The quantitative estimate of drug-likeness (QED) is 0.842. The summed E-state index contributed by atoms with van der Waals surface area (Å²) >= 11 is 2.16. The molecular weight excluding hydrogens is 315 g/mol. The van der Waals surface area contributed by atoms with Crippen LogP contribution >= 0.6 is 35.0 Å². The van der Waals surface area contributed by atoms with Crippen molar-refractivity contribution < 1.29 is 4.39 Å². The standard InChI is InChI=1S/C10H13FIN.ClH/c1-2-3-10(13)8-6-7(12)4-5-9(8)11;/h4-6,10H,2-3,13H2,1H3;1H/t10-;/m1./s1. The van der Waals surface area contributed by atoms with Gasteiger partial charge in [-0.2, -0.15) is 0 Å². The minimum atomic E-state index is -0.193. The maximum absolute atomic E-state index is 13.3. The lowest BCUT2D eigenvalue weighted by Gasteiger charge is -2.11. The first-order valence-corrected chi connectivity index (χ1v) is 5.43. The molecule has 0 heterocycles. The van der Waals surface area contributed by atoms with Crippen LogP contribution in [0.15, 0.2) is 18.2 Å². The highest BCUT2D eigenvalue weighted by molar-refractivity contribution is 14.1. The highest BCUT2D eigenvalue weighted by atomic mass is 127. The van der Waals surface area contributed by atoms with Crippen molar-refractivity contribution >= 4 is 35.0 Å². The van der Waals surface area contributed by atoms with Crippen molar-refractivity contribution in [2.45, 2.75) is 25.8 Å². The second-order valence-electron chi connectivity index (χ2n) is 3.06. The normalized spacial score (nSPS) is 12.0. The summed E-state index contributed by atoms with van der Waals surface area (Å²) in [7, 11) is 0. The molecule has 2 N–H and O–H groups in total. The van der Waals surface area contributed by atoms with Gasteiger partial charge in [0.15, 0.2) is 0 Å². The van der Waals surface area contributed by atoms with Gasteiger partial charge in [0.25, 0.3) is 0 Å². The summed E-state index contributed by atoms with van der Waals surface area (Å²) in [5.74, 6) is -0.193. The van der Waals surface area contributed by atoms with Crippen LogP contribution in [0.1, 0.15) is 31.4 Å². The summed E-state index contributed by atoms with van der Waals surface area (Å²) in [5.41, 5.74) is 6.47. The smallest absolute Gasteiger partial charge is 0.128 e. The van der Waals surface area contributed by atoms with Gasteiger partial charge in [0.1, 0.15) is 5.82 Å². The van der Waals surface area contributed by atoms with Gasteiger partial charge < -0.3 is 5.73 Å². The van der Waals surface area contributed by atoms with Crippen LogP contribution in [0.2, 0.25) is 0 Å². The largest absolute Gasteiger partial charge is 0.324 e. The Kier molecular flexibility index (Phi) is 6.64. The Bertz CT molecular complexity index is 293. The molecule has 1 atom stereocenters. The molecule has 1 nitrogen and oxygen atoms in total. The van der Waals surface area contributed by atoms with Crippen molar-refractivity contribution in [3.63, 3.8) is 0 Å². The molecule has 0 unspecified atom stereocenters. The van der Waals surface area contributed by atoms with E-state index in [0.29, 0.717) is 5.56 Å². The molecule has 0 amide bonds. The van der Waals surface area contributed by atoms with Gasteiger partial charge in [-0.05, 0) is 47.2 Å². The van der Waals surface area contributed by atoms with Crippen LogP contribution in [0, 0.1) is 9.39 Å². The van der Waals surface area contributed by atoms with Crippen molar-refractivity contribution in [1.82, 2.24) is 0 Å². The molecule has 0 aliphatic heterocycles. The fourth-order valence-electron chi connectivity index (χ4n) is 1.27. The minimum Gasteiger partial charge on any atom is -0.324 e. The van der Waals surface area contributed by atoms with E-state index in [1.165, 1.54) is 6.07 Å². The number of nitrogens with two attached hydrogens (primary N) is 1. The van der Waals surface area contributed by atoms with E-state index in [0.717, 1.165) is 16.4 Å². The summed E-state index contributed by atoms with van der Waals surface area (Å²) in [6, 6.07) is 4.88. The van der Waals surface area contributed by atoms with Gasteiger partial charge in [-0.3, -0.25) is 0 Å². The van der Waals surface area contributed by atoms with Crippen molar-refractivity contribution in [1.29, 1.82) is 0 Å². The zero-order valence-corrected chi connectivity index (χ0v) is 10.9. The van der Waals surface area contributed by atoms with Gasteiger partial charge >= 0.3 is 0 Å². The minimum absolute atomic E-state index is 0. The Hall–Kier alpha value is 0.130. The summed E-state index contributed by atoms with van der Waals surface area (Å²) in [6.07, 6.45) is 1.81. The maximum Gasteiger partial charge on any atom is 0.128 e. The van der Waals surface area contributed by atoms with Crippen LogP contribution in [0.25, 0.3) is 0 Å². The molecule has 0 fully saturated rings. The Labute approximate surface area is 104 Å². The van der Waals surface area contributed by atoms with Gasteiger partial charge in [-0.15, -0.1) is 12.4 Å². The maximum atomic E-state index is 13.3. The van der Waals surface area contributed by atoms with Gasteiger partial charge in [0.05, 0.1) is 0 Å². The lowest BCUT2D eigenvalue weighted by atomic mass is 10.0. The van der Waals surface area contributed by atoms with Crippen molar-refractivity contribution in [3.05, 3.63) is 33.1 Å². The van der Waals surface area contributed by atoms with E-state index in [1.807, 2.05) is 13.0 Å². The van der Waals surface area contributed by atoms with Gasteiger partial charge in [-0.25, -0.2) is 4.39 Å². The summed E-state index contributed by atoms with van der Waals surface area (Å²) in [6.45, 7) is 2.05. The van der Waals surface area contributed by atoms with Crippen LogP contribution < -0.4 is 5.73 Å². The van der Waals surface area contributed by atoms with Crippen LogP contribution in [-0.2, 0) is 0 Å². The third kappa shape index (κ3) is 3.71. The van der Waals surface area contributed by atoms with Crippen molar-refractivity contribution in [3.8, 4) is 0 Å². The third-order valence-electron chi connectivity index (χ3n) is 1.96. The first kappa shape index (κ1) is 14.1. The van der Waals surface area contributed by atoms with E-state index >= 15 is 0 Å². The summed E-state index contributed by atoms with van der Waals surface area (Å²) in [4.78, 5) is 0. The molecule has 0 saturated heterocycles. The van der Waals surface area contributed by atoms with Gasteiger partial charge in [-0.1, -0.05) is 13.3 Å². The summed E-state index contributed by atoms with van der Waals surface area (Å²) < 4.78 is 14.3. The monoisotopic (exact) mass is 329 g/mol. The molecule has 4 heteroatoms. The first-order chi connectivity index (χ1) is 6.15. The molecule has 0 spiro atoms. The van der Waals surface area contributed by atoms with E-state index in [9.17, 15) is 4.39 Å². The molecule has 0 aliphatic carbocycles. The van der Waals surface area contributed by atoms with Crippen LogP contribution in [0.3, 0.4) is 0 Å². The molecule has 1 aromatic rings. The zero-order chi connectivity index (χ0) is 9.84. The predicted octanol–water partition coefficient (Wildman–Crippen LogP) is 3.65. The van der Waals surface area contributed by atoms with Crippen LogP contribution in [0.4, 0.5) is 4.39 Å². The molecule has 0 radical (unpaired) electrons. The number of hydrogen-bond donors (Lipinski definition) is 1. The molecule has 1 rings (SSSR count). The van der Waals surface area contributed by atoms with Gasteiger partial charge in [0, 0.05) is 15.2 Å². The lowest BCUT2D eigenvalue weighted by Crippen LogP contribution is -2.11. The van der Waals surface area contributed by atoms with E-state index in [-0.39, 0.29) is 24.3 Å². The average molecular weight is 330 g/mol.